The van der Waals surface area contributed by atoms with E-state index in [1.54, 1.807) is 15.5 Å². The van der Waals surface area contributed by atoms with Gasteiger partial charge in [0.05, 0.1) is 35.3 Å². The highest BCUT2D eigenvalue weighted by Gasteiger charge is 2.28. The number of anilines is 1. The molecule has 1 aliphatic rings. The Hall–Kier alpha value is -4.93. The van der Waals surface area contributed by atoms with Gasteiger partial charge >= 0.3 is 6.09 Å². The smallest absolute Gasteiger partial charge is 0.410 e. The molecular formula is C33H37N7O4. The highest BCUT2D eigenvalue weighted by Crippen LogP contribution is 2.29. The number of benzene rings is 1. The van der Waals surface area contributed by atoms with Crippen molar-refractivity contribution in [3.63, 3.8) is 0 Å². The fourth-order valence-corrected chi connectivity index (χ4v) is 5.49. The van der Waals surface area contributed by atoms with Crippen LogP contribution in [0.1, 0.15) is 62.4 Å². The van der Waals surface area contributed by atoms with Gasteiger partial charge in [-0.05, 0) is 57.5 Å². The first-order chi connectivity index (χ1) is 21.2. The van der Waals surface area contributed by atoms with Crippen molar-refractivity contribution in [3.8, 4) is 5.88 Å². The Morgan fingerprint density at radius 3 is 2.59 bits per heavy atom. The summed E-state index contributed by atoms with van der Waals surface area (Å²) < 4.78 is 15.4. The number of carbonyl (C=O) groups excluding carboxylic acids is 2. The van der Waals surface area contributed by atoms with Crippen molar-refractivity contribution in [2.24, 2.45) is 0 Å². The average molecular weight is 596 g/mol. The normalized spacial score (nSPS) is 14.2. The van der Waals surface area contributed by atoms with E-state index in [1.807, 2.05) is 86.2 Å². The molecule has 0 atom stereocenters. The van der Waals surface area contributed by atoms with E-state index in [9.17, 15) is 9.59 Å². The second kappa shape index (κ2) is 12.0. The number of piperidine rings is 1. The summed E-state index contributed by atoms with van der Waals surface area (Å²) in [5.74, 6) is 0.306. The number of ether oxygens (including phenoxy) is 2. The van der Waals surface area contributed by atoms with Crippen molar-refractivity contribution in [3.05, 3.63) is 84.1 Å². The van der Waals surface area contributed by atoms with Gasteiger partial charge in [0.15, 0.2) is 0 Å². The zero-order chi connectivity index (χ0) is 30.8. The molecule has 0 aliphatic carbocycles. The lowest BCUT2D eigenvalue weighted by Crippen LogP contribution is -2.44. The topological polar surface area (TPSA) is 116 Å². The highest BCUT2D eigenvalue weighted by molar-refractivity contribution is 6.08. The first kappa shape index (κ1) is 29.2. The van der Waals surface area contributed by atoms with Crippen LogP contribution in [-0.2, 0) is 17.7 Å². The lowest BCUT2D eigenvalue weighted by molar-refractivity contribution is 0.0123. The Balaban J connectivity index is 1.16. The van der Waals surface area contributed by atoms with Crippen LogP contribution >= 0.6 is 0 Å². The van der Waals surface area contributed by atoms with Gasteiger partial charge in [-0.2, -0.15) is 5.10 Å². The second-order valence-corrected chi connectivity index (χ2v) is 11.9. The molecule has 11 heteroatoms. The summed E-state index contributed by atoms with van der Waals surface area (Å²) in [5, 5.41) is 8.89. The lowest BCUT2D eigenvalue weighted by Gasteiger charge is -2.33. The van der Waals surface area contributed by atoms with Gasteiger partial charge in [-0.1, -0.05) is 25.1 Å². The Morgan fingerprint density at radius 2 is 1.82 bits per heavy atom. The van der Waals surface area contributed by atoms with E-state index >= 15 is 0 Å². The van der Waals surface area contributed by atoms with Crippen LogP contribution in [0.3, 0.4) is 0 Å². The lowest BCUT2D eigenvalue weighted by atomic mass is 10.1. The second-order valence-electron chi connectivity index (χ2n) is 11.9. The molecule has 5 aromatic rings. The van der Waals surface area contributed by atoms with Crippen LogP contribution in [-0.4, -0.2) is 65.8 Å². The zero-order valence-corrected chi connectivity index (χ0v) is 25.5. The zero-order valence-electron chi connectivity index (χ0n) is 25.5. The van der Waals surface area contributed by atoms with Crippen LogP contribution in [0, 0.1) is 0 Å². The third-order valence-corrected chi connectivity index (χ3v) is 7.56. The number of amides is 2. The molecule has 1 aromatic carbocycles. The van der Waals surface area contributed by atoms with Gasteiger partial charge in [-0.25, -0.2) is 14.8 Å². The number of aromatic nitrogens is 5. The number of nitrogens with one attached hydrogen (secondary N) is 1. The summed E-state index contributed by atoms with van der Waals surface area (Å²) in [5.41, 5.74) is 3.95. The van der Waals surface area contributed by atoms with Crippen molar-refractivity contribution >= 4 is 34.2 Å². The van der Waals surface area contributed by atoms with Gasteiger partial charge in [0.25, 0.3) is 5.91 Å². The van der Waals surface area contributed by atoms with E-state index in [0.717, 1.165) is 22.3 Å². The van der Waals surface area contributed by atoms with Crippen LogP contribution in [0.2, 0.25) is 0 Å². The number of fused-ring (bicyclic) bond motifs is 2. The Kier molecular flexibility index (Phi) is 7.94. The molecule has 6 rings (SSSR count). The van der Waals surface area contributed by atoms with Crippen LogP contribution in [0.4, 0.5) is 10.5 Å². The molecule has 0 radical (unpaired) electrons. The van der Waals surface area contributed by atoms with Crippen LogP contribution in [0.5, 0.6) is 5.88 Å². The van der Waals surface area contributed by atoms with E-state index in [-0.39, 0.29) is 18.1 Å². The van der Waals surface area contributed by atoms with Gasteiger partial charge in [0.2, 0.25) is 5.88 Å². The maximum absolute atomic E-state index is 13.3. The average Bonchev–Trinajstić information content (AvgIpc) is 3.59. The molecule has 0 bridgehead atoms. The van der Waals surface area contributed by atoms with E-state index in [0.29, 0.717) is 61.8 Å². The summed E-state index contributed by atoms with van der Waals surface area (Å²) >= 11 is 0. The van der Waals surface area contributed by atoms with Crippen LogP contribution in [0.15, 0.2) is 67.0 Å². The van der Waals surface area contributed by atoms with Crippen molar-refractivity contribution in [2.75, 3.05) is 18.4 Å². The molecule has 5 heterocycles. The molecule has 2 amide bonds. The van der Waals surface area contributed by atoms with Crippen LogP contribution in [0.25, 0.3) is 16.6 Å². The molecule has 11 nitrogen and oxygen atoms in total. The number of rotatable bonds is 7. The minimum Gasteiger partial charge on any atom is -0.474 e. The predicted octanol–water partition coefficient (Wildman–Crippen LogP) is 5.72. The Labute approximate surface area is 255 Å². The minimum atomic E-state index is -0.516. The van der Waals surface area contributed by atoms with Gasteiger partial charge in [-0.3, -0.25) is 13.9 Å². The molecular weight excluding hydrogens is 558 g/mol. The van der Waals surface area contributed by atoms with Crippen LogP contribution < -0.4 is 10.1 Å². The van der Waals surface area contributed by atoms with Gasteiger partial charge in [0.1, 0.15) is 23.0 Å². The van der Waals surface area contributed by atoms with E-state index in [2.05, 4.69) is 17.2 Å². The largest absolute Gasteiger partial charge is 0.474 e. The quantitative estimate of drug-likeness (QED) is 0.256. The van der Waals surface area contributed by atoms with Gasteiger partial charge in [0, 0.05) is 43.6 Å². The first-order valence-corrected chi connectivity index (χ1v) is 15.0. The summed E-state index contributed by atoms with van der Waals surface area (Å²) in [6.45, 7) is 9.26. The SMILES string of the molecule is CCc1nn(Cc2cccc(OC3CCN(C(=O)OC(C)(C)C)CC3)n2)c2cccc(NC(=O)c3cnc4ccccn34)c12. The molecule has 0 spiro atoms. The third-order valence-electron chi connectivity index (χ3n) is 7.56. The number of aryl methyl sites for hydroxylation is 1. The van der Waals surface area contributed by atoms with E-state index in [4.69, 9.17) is 19.6 Å². The van der Waals surface area contributed by atoms with Crippen molar-refractivity contribution in [1.29, 1.82) is 0 Å². The summed E-state index contributed by atoms with van der Waals surface area (Å²) in [4.78, 5) is 36.5. The Morgan fingerprint density at radius 1 is 1.02 bits per heavy atom. The van der Waals surface area contributed by atoms with Crippen molar-refractivity contribution in [2.45, 2.75) is 65.2 Å². The minimum absolute atomic E-state index is 0.0345. The number of pyridine rings is 2. The molecule has 1 fully saturated rings. The van der Waals surface area contributed by atoms with Crippen molar-refractivity contribution < 1.29 is 19.1 Å². The van der Waals surface area contributed by atoms with Crippen molar-refractivity contribution in [1.82, 2.24) is 29.0 Å². The number of imidazole rings is 1. The maximum Gasteiger partial charge on any atom is 0.410 e. The van der Waals surface area contributed by atoms with E-state index < -0.39 is 5.60 Å². The maximum atomic E-state index is 13.3. The third kappa shape index (κ3) is 6.22. The Bertz CT molecular complexity index is 1810. The van der Waals surface area contributed by atoms with Gasteiger partial charge in [-0.15, -0.1) is 0 Å². The predicted molar refractivity (Wildman–Crippen MR) is 167 cm³/mol. The van der Waals surface area contributed by atoms with E-state index in [1.165, 1.54) is 0 Å². The molecule has 1 N–H and O–H groups in total. The number of hydrogen-bond acceptors (Lipinski definition) is 7. The monoisotopic (exact) mass is 595 g/mol. The first-order valence-electron chi connectivity index (χ1n) is 15.0. The number of hydrogen-bond donors (Lipinski definition) is 1. The molecule has 0 saturated carbocycles. The number of carbonyl (C=O) groups is 2. The number of nitrogens with zero attached hydrogens (tertiary/aromatic N) is 6. The molecule has 0 unspecified atom stereocenters. The summed E-state index contributed by atoms with van der Waals surface area (Å²) in [6, 6.07) is 17.2. The molecule has 1 aliphatic heterocycles. The molecule has 1 saturated heterocycles. The summed E-state index contributed by atoms with van der Waals surface area (Å²) in [7, 11) is 0. The molecule has 44 heavy (non-hydrogen) atoms. The summed E-state index contributed by atoms with van der Waals surface area (Å²) in [6.07, 6.45) is 5.20. The fraction of sp³-hybridized carbons (Fsp3) is 0.364. The fourth-order valence-electron chi connectivity index (χ4n) is 5.49. The number of likely N-dealkylation sites (tertiary alicyclic amines) is 1. The van der Waals surface area contributed by atoms with Gasteiger partial charge < -0.3 is 19.7 Å². The molecule has 4 aromatic heterocycles. The standard InChI is InChI=1S/C33H37N7O4/c1-5-24-30-25(36-31(41)27-20-34-28-13-6-7-17-39(27)28)11-9-12-26(30)40(37-24)21-22-10-8-14-29(35-22)43-23-15-18-38(19-16-23)32(42)44-33(2,3)4/h6-14,17,20,23H,5,15-16,18-19,21H2,1-4H3,(H,36,41). The highest BCUT2D eigenvalue weighted by atomic mass is 16.6. The molecule has 228 valence electrons.